The van der Waals surface area contributed by atoms with E-state index in [0.717, 1.165) is 0 Å². The van der Waals surface area contributed by atoms with Gasteiger partial charge in [0.1, 0.15) is 5.82 Å². The first-order valence-corrected chi connectivity index (χ1v) is 7.74. The molecule has 0 unspecified atom stereocenters. The van der Waals surface area contributed by atoms with Crippen LogP contribution in [0.2, 0.25) is 0 Å². The lowest BCUT2D eigenvalue weighted by Crippen LogP contribution is -2.32. The quantitative estimate of drug-likeness (QED) is 0.769. The van der Waals surface area contributed by atoms with Crippen molar-refractivity contribution < 1.29 is 9.59 Å². The minimum atomic E-state index is -0.265. The van der Waals surface area contributed by atoms with Crippen molar-refractivity contribution >= 4 is 11.7 Å². The average molecular weight is 314 g/mol. The molecule has 6 nitrogen and oxygen atoms in total. The number of aryl methyl sites for hydroxylation is 1. The van der Waals surface area contributed by atoms with E-state index >= 15 is 0 Å². The van der Waals surface area contributed by atoms with Crippen molar-refractivity contribution in [3.8, 4) is 0 Å². The number of Topliss-reactive ketones (excluding diaryl/α,β-unsaturated/α-hetero) is 1. The maximum atomic E-state index is 12.1. The van der Waals surface area contributed by atoms with E-state index in [1.165, 1.54) is 0 Å². The zero-order chi connectivity index (χ0) is 16.8. The van der Waals surface area contributed by atoms with Crippen LogP contribution in [0.15, 0.2) is 30.3 Å². The highest BCUT2D eigenvalue weighted by Crippen LogP contribution is 2.18. The number of nitrogens with zero attached hydrogens (tertiary/aromatic N) is 2. The molecule has 0 saturated heterocycles. The van der Waals surface area contributed by atoms with Crippen LogP contribution in [-0.4, -0.2) is 26.9 Å². The highest BCUT2D eigenvalue weighted by atomic mass is 16.2. The van der Waals surface area contributed by atoms with Crippen molar-refractivity contribution in [2.75, 3.05) is 0 Å². The summed E-state index contributed by atoms with van der Waals surface area (Å²) in [4.78, 5) is 28.5. The summed E-state index contributed by atoms with van der Waals surface area (Å²) in [5.41, 5.74) is 0.630. The van der Waals surface area contributed by atoms with Gasteiger partial charge < -0.3 is 5.32 Å². The number of H-pyrrole nitrogens is 1. The molecule has 0 aliphatic carbocycles. The predicted molar refractivity (Wildman–Crippen MR) is 86.8 cm³/mol. The SMILES string of the molecule is Cc1nc([C@@H](NC(=O)CCC(=O)c2ccccc2)C(C)C)n[nH]1. The van der Waals surface area contributed by atoms with Crippen molar-refractivity contribution in [1.29, 1.82) is 0 Å². The van der Waals surface area contributed by atoms with E-state index in [1.54, 1.807) is 12.1 Å². The van der Waals surface area contributed by atoms with Gasteiger partial charge in [0.25, 0.3) is 0 Å². The van der Waals surface area contributed by atoms with Crippen molar-refractivity contribution in [3.63, 3.8) is 0 Å². The Hall–Kier alpha value is -2.50. The number of hydrogen-bond acceptors (Lipinski definition) is 4. The van der Waals surface area contributed by atoms with Gasteiger partial charge in [-0.3, -0.25) is 14.7 Å². The summed E-state index contributed by atoms with van der Waals surface area (Å²) in [6.07, 6.45) is 0.341. The molecule has 0 bridgehead atoms. The fraction of sp³-hybridized carbons (Fsp3) is 0.412. The van der Waals surface area contributed by atoms with E-state index in [-0.39, 0.29) is 36.5 Å². The number of aromatic nitrogens is 3. The lowest BCUT2D eigenvalue weighted by Gasteiger charge is -2.19. The summed E-state index contributed by atoms with van der Waals surface area (Å²) < 4.78 is 0. The van der Waals surface area contributed by atoms with Crippen molar-refractivity contribution in [3.05, 3.63) is 47.5 Å². The number of amides is 1. The van der Waals surface area contributed by atoms with E-state index in [1.807, 2.05) is 39.0 Å². The van der Waals surface area contributed by atoms with Gasteiger partial charge in [-0.05, 0) is 12.8 Å². The van der Waals surface area contributed by atoms with E-state index < -0.39 is 0 Å². The Labute approximate surface area is 135 Å². The van der Waals surface area contributed by atoms with Gasteiger partial charge >= 0.3 is 0 Å². The Morgan fingerprint density at radius 2 is 1.87 bits per heavy atom. The normalized spacial score (nSPS) is 12.2. The van der Waals surface area contributed by atoms with Crippen LogP contribution in [0.4, 0.5) is 0 Å². The molecule has 1 aromatic heterocycles. The van der Waals surface area contributed by atoms with Gasteiger partial charge in [0.15, 0.2) is 11.6 Å². The molecule has 122 valence electrons. The third-order valence-corrected chi connectivity index (χ3v) is 3.55. The Balaban J connectivity index is 1.91. The maximum absolute atomic E-state index is 12.1. The number of rotatable bonds is 7. The molecule has 0 fully saturated rings. The number of nitrogens with one attached hydrogen (secondary N) is 2. The minimum Gasteiger partial charge on any atom is -0.346 e. The first kappa shape index (κ1) is 16.9. The zero-order valence-electron chi connectivity index (χ0n) is 13.7. The molecule has 0 radical (unpaired) electrons. The second-order valence-corrected chi connectivity index (χ2v) is 5.86. The molecule has 2 N–H and O–H groups in total. The van der Waals surface area contributed by atoms with E-state index in [2.05, 4.69) is 20.5 Å². The molecule has 0 aliphatic heterocycles. The number of benzene rings is 1. The first-order chi connectivity index (χ1) is 11.0. The number of aromatic amines is 1. The first-order valence-electron chi connectivity index (χ1n) is 7.74. The van der Waals surface area contributed by atoms with Gasteiger partial charge in [-0.2, -0.15) is 5.10 Å². The van der Waals surface area contributed by atoms with Crippen LogP contribution < -0.4 is 5.32 Å². The molecule has 0 spiro atoms. The van der Waals surface area contributed by atoms with Crippen LogP contribution in [-0.2, 0) is 4.79 Å². The minimum absolute atomic E-state index is 0.0319. The summed E-state index contributed by atoms with van der Waals surface area (Å²) in [7, 11) is 0. The Kier molecular flexibility index (Phi) is 5.62. The Morgan fingerprint density at radius 3 is 2.43 bits per heavy atom. The molecule has 0 aliphatic rings. The van der Waals surface area contributed by atoms with Crippen LogP contribution in [0.1, 0.15) is 54.7 Å². The van der Waals surface area contributed by atoms with E-state index in [4.69, 9.17) is 0 Å². The van der Waals surface area contributed by atoms with Gasteiger partial charge in [0, 0.05) is 18.4 Å². The van der Waals surface area contributed by atoms with Crippen molar-refractivity contribution in [2.45, 2.75) is 39.7 Å². The molecule has 6 heteroatoms. The Bertz CT molecular complexity index is 664. The zero-order valence-corrected chi connectivity index (χ0v) is 13.7. The molecule has 2 rings (SSSR count). The van der Waals surface area contributed by atoms with Gasteiger partial charge in [-0.15, -0.1) is 0 Å². The van der Waals surface area contributed by atoms with Crippen LogP contribution >= 0.6 is 0 Å². The van der Waals surface area contributed by atoms with Crippen molar-refractivity contribution in [1.82, 2.24) is 20.5 Å². The number of carbonyl (C=O) groups excluding carboxylic acids is 2. The van der Waals surface area contributed by atoms with Crippen molar-refractivity contribution in [2.24, 2.45) is 5.92 Å². The molecule has 1 atom stereocenters. The van der Waals surface area contributed by atoms with Gasteiger partial charge in [-0.25, -0.2) is 4.98 Å². The third kappa shape index (κ3) is 4.74. The predicted octanol–water partition coefficient (Wildman–Crippen LogP) is 2.59. The standard InChI is InChI=1S/C17H22N4O2/c1-11(2)16(17-18-12(3)20-21-17)19-15(23)10-9-14(22)13-7-5-4-6-8-13/h4-8,11,16H,9-10H2,1-3H3,(H,19,23)(H,18,20,21)/t16-/m0/s1. The molecule has 1 heterocycles. The number of ketones is 1. The monoisotopic (exact) mass is 314 g/mol. The summed E-state index contributed by atoms with van der Waals surface area (Å²) in [6.45, 7) is 5.80. The average Bonchev–Trinajstić information content (AvgIpc) is 2.97. The lowest BCUT2D eigenvalue weighted by molar-refractivity contribution is -0.122. The van der Waals surface area contributed by atoms with Gasteiger partial charge in [0.05, 0.1) is 6.04 Å². The smallest absolute Gasteiger partial charge is 0.221 e. The fourth-order valence-corrected chi connectivity index (χ4v) is 2.27. The summed E-state index contributed by atoms with van der Waals surface area (Å²) >= 11 is 0. The largest absolute Gasteiger partial charge is 0.346 e. The molecule has 2 aromatic rings. The second kappa shape index (κ2) is 7.67. The molecule has 1 amide bonds. The molecule has 1 aromatic carbocycles. The topological polar surface area (TPSA) is 87.7 Å². The van der Waals surface area contributed by atoms with Crippen LogP contribution in [0.5, 0.6) is 0 Å². The number of carbonyl (C=O) groups is 2. The number of hydrogen-bond donors (Lipinski definition) is 2. The summed E-state index contributed by atoms with van der Waals surface area (Å²) in [5, 5.41) is 9.81. The van der Waals surface area contributed by atoms with Crippen LogP contribution in [0.25, 0.3) is 0 Å². The van der Waals surface area contributed by atoms with E-state index in [0.29, 0.717) is 17.2 Å². The van der Waals surface area contributed by atoms with Gasteiger partial charge in [-0.1, -0.05) is 44.2 Å². The second-order valence-electron chi connectivity index (χ2n) is 5.86. The fourth-order valence-electron chi connectivity index (χ4n) is 2.27. The highest BCUT2D eigenvalue weighted by Gasteiger charge is 2.22. The Morgan fingerprint density at radius 1 is 1.17 bits per heavy atom. The molecular formula is C17H22N4O2. The highest BCUT2D eigenvalue weighted by molar-refractivity contribution is 5.97. The summed E-state index contributed by atoms with van der Waals surface area (Å²) in [5.74, 6) is 1.23. The summed E-state index contributed by atoms with van der Waals surface area (Å²) in [6, 6.07) is 8.73. The maximum Gasteiger partial charge on any atom is 0.221 e. The van der Waals surface area contributed by atoms with Crippen LogP contribution in [0.3, 0.4) is 0 Å². The molecule has 23 heavy (non-hydrogen) atoms. The molecule has 0 saturated carbocycles. The van der Waals surface area contributed by atoms with Gasteiger partial charge in [0.2, 0.25) is 5.91 Å². The molecular weight excluding hydrogens is 292 g/mol. The van der Waals surface area contributed by atoms with Crippen LogP contribution in [0, 0.1) is 12.8 Å². The third-order valence-electron chi connectivity index (χ3n) is 3.55. The lowest BCUT2D eigenvalue weighted by atomic mass is 10.0. The van der Waals surface area contributed by atoms with E-state index in [9.17, 15) is 9.59 Å².